The van der Waals surface area contributed by atoms with Gasteiger partial charge in [0.2, 0.25) is 10.0 Å². The van der Waals surface area contributed by atoms with E-state index in [1.54, 1.807) is 0 Å². The Hall–Kier alpha value is -1.51. The third-order valence-corrected chi connectivity index (χ3v) is 5.55. The monoisotopic (exact) mass is 313 g/mol. The highest BCUT2D eigenvalue weighted by Gasteiger charge is 2.37. The Kier molecular flexibility index (Phi) is 4.31. The predicted octanol–water partition coefficient (Wildman–Crippen LogP) is 1.45. The minimum absolute atomic E-state index is 0.0327. The van der Waals surface area contributed by atoms with Gasteiger partial charge in [-0.1, -0.05) is 12.8 Å². The molecule has 7 nitrogen and oxygen atoms in total. The predicted molar refractivity (Wildman–Crippen MR) is 78.4 cm³/mol. The first-order valence-electron chi connectivity index (χ1n) is 6.79. The molecule has 1 aromatic carbocycles. The SMILES string of the molecule is Cc1cc(S(=O)(=O)NC2(CN)CCCC2)ccc1[N+](=O)[O-]. The average molecular weight is 313 g/mol. The van der Waals surface area contributed by atoms with Crippen molar-refractivity contribution in [1.82, 2.24) is 4.72 Å². The number of hydrogen-bond acceptors (Lipinski definition) is 5. The number of nitrogens with two attached hydrogens (primary N) is 1. The molecule has 0 heterocycles. The molecule has 0 aliphatic heterocycles. The van der Waals surface area contributed by atoms with Crippen LogP contribution >= 0.6 is 0 Å². The lowest BCUT2D eigenvalue weighted by atomic mass is 10.0. The fourth-order valence-electron chi connectivity index (χ4n) is 2.74. The Morgan fingerprint density at radius 2 is 2.00 bits per heavy atom. The third kappa shape index (κ3) is 3.22. The van der Waals surface area contributed by atoms with Crippen molar-refractivity contribution in [1.29, 1.82) is 0 Å². The summed E-state index contributed by atoms with van der Waals surface area (Å²) >= 11 is 0. The van der Waals surface area contributed by atoms with E-state index in [1.165, 1.54) is 25.1 Å². The van der Waals surface area contributed by atoms with Crippen LogP contribution < -0.4 is 10.5 Å². The summed E-state index contributed by atoms with van der Waals surface area (Å²) in [5, 5.41) is 10.8. The molecule has 0 saturated heterocycles. The highest BCUT2D eigenvalue weighted by molar-refractivity contribution is 7.89. The Balaban J connectivity index is 2.31. The van der Waals surface area contributed by atoms with Gasteiger partial charge in [0, 0.05) is 23.7 Å². The molecule has 0 bridgehead atoms. The first-order chi connectivity index (χ1) is 9.80. The number of nitrogens with zero attached hydrogens (tertiary/aromatic N) is 1. The van der Waals surface area contributed by atoms with Crippen LogP contribution in [0.5, 0.6) is 0 Å². The number of hydrogen-bond donors (Lipinski definition) is 2. The molecule has 1 saturated carbocycles. The zero-order chi connectivity index (χ0) is 15.7. The number of rotatable bonds is 5. The van der Waals surface area contributed by atoms with Gasteiger partial charge in [0.25, 0.3) is 5.69 Å². The first kappa shape index (κ1) is 15.9. The van der Waals surface area contributed by atoms with Crippen LogP contribution in [0.4, 0.5) is 5.69 Å². The Labute approximate surface area is 123 Å². The highest BCUT2D eigenvalue weighted by Crippen LogP contribution is 2.31. The molecule has 0 unspecified atom stereocenters. The van der Waals surface area contributed by atoms with Crippen molar-refractivity contribution in [3.05, 3.63) is 33.9 Å². The van der Waals surface area contributed by atoms with E-state index >= 15 is 0 Å². The number of nitrogens with one attached hydrogen (secondary N) is 1. The van der Waals surface area contributed by atoms with Gasteiger partial charge in [-0.2, -0.15) is 0 Å². The Morgan fingerprint density at radius 1 is 1.38 bits per heavy atom. The van der Waals surface area contributed by atoms with E-state index in [0.29, 0.717) is 18.4 Å². The van der Waals surface area contributed by atoms with Crippen LogP contribution in [0.3, 0.4) is 0 Å². The van der Waals surface area contributed by atoms with Crippen LogP contribution in [0, 0.1) is 17.0 Å². The van der Waals surface area contributed by atoms with Crippen LogP contribution in [0.1, 0.15) is 31.2 Å². The maximum atomic E-state index is 12.4. The first-order valence-corrected chi connectivity index (χ1v) is 8.27. The molecule has 0 radical (unpaired) electrons. The van der Waals surface area contributed by atoms with Gasteiger partial charge in [-0.25, -0.2) is 13.1 Å². The summed E-state index contributed by atoms with van der Waals surface area (Å²) in [4.78, 5) is 10.3. The third-order valence-electron chi connectivity index (χ3n) is 3.98. The van der Waals surface area contributed by atoms with E-state index in [-0.39, 0.29) is 17.1 Å². The van der Waals surface area contributed by atoms with Crippen LogP contribution in [0.15, 0.2) is 23.1 Å². The van der Waals surface area contributed by atoms with E-state index in [0.717, 1.165) is 12.8 Å². The number of nitro groups is 1. The van der Waals surface area contributed by atoms with E-state index in [2.05, 4.69) is 4.72 Å². The summed E-state index contributed by atoms with van der Waals surface area (Å²) in [6.45, 7) is 1.77. The average Bonchev–Trinajstić information content (AvgIpc) is 2.86. The molecule has 8 heteroatoms. The molecule has 1 fully saturated rings. The topological polar surface area (TPSA) is 115 Å². The Bertz CT molecular complexity index is 651. The maximum Gasteiger partial charge on any atom is 0.272 e. The number of sulfonamides is 1. The van der Waals surface area contributed by atoms with Gasteiger partial charge in [-0.05, 0) is 31.9 Å². The van der Waals surface area contributed by atoms with Crippen LogP contribution in [0.2, 0.25) is 0 Å². The minimum atomic E-state index is -3.73. The number of nitro benzene ring substituents is 1. The van der Waals surface area contributed by atoms with E-state index in [4.69, 9.17) is 5.73 Å². The molecule has 0 aromatic heterocycles. The molecular formula is C13H19N3O4S. The molecule has 0 amide bonds. The van der Waals surface area contributed by atoms with Gasteiger partial charge in [0.05, 0.1) is 9.82 Å². The summed E-state index contributed by atoms with van der Waals surface area (Å²) in [6, 6.07) is 3.79. The molecule has 21 heavy (non-hydrogen) atoms. The second-order valence-electron chi connectivity index (χ2n) is 5.50. The fraction of sp³-hybridized carbons (Fsp3) is 0.538. The molecule has 2 rings (SSSR count). The van der Waals surface area contributed by atoms with E-state index in [1.807, 2.05) is 0 Å². The molecule has 1 aliphatic carbocycles. The molecule has 116 valence electrons. The van der Waals surface area contributed by atoms with Crippen molar-refractivity contribution in [2.24, 2.45) is 5.73 Å². The molecular weight excluding hydrogens is 294 g/mol. The second-order valence-corrected chi connectivity index (χ2v) is 7.18. The molecule has 3 N–H and O–H groups in total. The van der Waals surface area contributed by atoms with Gasteiger partial charge < -0.3 is 5.73 Å². The van der Waals surface area contributed by atoms with Crippen molar-refractivity contribution in [2.75, 3.05) is 6.54 Å². The van der Waals surface area contributed by atoms with Crippen molar-refractivity contribution < 1.29 is 13.3 Å². The second kappa shape index (κ2) is 5.70. The summed E-state index contributed by atoms with van der Waals surface area (Å²) in [5.74, 6) is 0. The zero-order valence-electron chi connectivity index (χ0n) is 11.8. The molecule has 1 aromatic rings. The quantitative estimate of drug-likeness (QED) is 0.630. The lowest BCUT2D eigenvalue weighted by Gasteiger charge is -2.28. The van der Waals surface area contributed by atoms with Crippen molar-refractivity contribution >= 4 is 15.7 Å². The van der Waals surface area contributed by atoms with E-state index in [9.17, 15) is 18.5 Å². The minimum Gasteiger partial charge on any atom is -0.329 e. The summed E-state index contributed by atoms with van der Waals surface area (Å²) < 4.78 is 27.6. The lowest BCUT2D eigenvalue weighted by molar-refractivity contribution is -0.385. The largest absolute Gasteiger partial charge is 0.329 e. The fourth-order valence-corrected chi connectivity index (χ4v) is 4.30. The smallest absolute Gasteiger partial charge is 0.272 e. The van der Waals surface area contributed by atoms with Crippen LogP contribution in [-0.4, -0.2) is 25.4 Å². The summed E-state index contributed by atoms with van der Waals surface area (Å²) in [5.41, 5.74) is 5.36. The van der Waals surface area contributed by atoms with Crippen LogP contribution in [-0.2, 0) is 10.0 Å². The van der Waals surface area contributed by atoms with Crippen molar-refractivity contribution in [3.63, 3.8) is 0 Å². The zero-order valence-corrected chi connectivity index (χ0v) is 12.6. The number of aryl methyl sites for hydroxylation is 1. The highest BCUT2D eigenvalue weighted by atomic mass is 32.2. The molecule has 1 aliphatic rings. The Morgan fingerprint density at radius 3 is 2.48 bits per heavy atom. The van der Waals surface area contributed by atoms with Gasteiger partial charge in [0.15, 0.2) is 0 Å². The van der Waals surface area contributed by atoms with Gasteiger partial charge >= 0.3 is 0 Å². The standard InChI is InChI=1S/C13H19N3O4S/c1-10-8-11(4-5-12(10)16(17)18)21(19,20)15-13(9-14)6-2-3-7-13/h4-5,8,15H,2-3,6-7,9,14H2,1H3. The van der Waals surface area contributed by atoms with Crippen molar-refractivity contribution in [3.8, 4) is 0 Å². The normalized spacial score (nSPS) is 17.8. The van der Waals surface area contributed by atoms with Crippen molar-refractivity contribution in [2.45, 2.75) is 43.0 Å². The van der Waals surface area contributed by atoms with Crippen LogP contribution in [0.25, 0.3) is 0 Å². The molecule has 0 spiro atoms. The molecule has 0 atom stereocenters. The van der Waals surface area contributed by atoms with E-state index < -0.39 is 20.5 Å². The maximum absolute atomic E-state index is 12.4. The van der Waals surface area contributed by atoms with Gasteiger partial charge in [-0.3, -0.25) is 10.1 Å². The lowest BCUT2D eigenvalue weighted by Crippen LogP contribution is -2.51. The van der Waals surface area contributed by atoms with Gasteiger partial charge in [-0.15, -0.1) is 0 Å². The summed E-state index contributed by atoms with van der Waals surface area (Å²) in [6.07, 6.45) is 3.32. The summed E-state index contributed by atoms with van der Waals surface area (Å²) in [7, 11) is -3.73. The van der Waals surface area contributed by atoms with Gasteiger partial charge in [0.1, 0.15) is 0 Å². The number of benzene rings is 1.